The first-order chi connectivity index (χ1) is 16.8. The largest absolute Gasteiger partial charge is 0.396 e. The van der Waals surface area contributed by atoms with Crippen LogP contribution in [-0.4, -0.2) is 82.0 Å². The minimum absolute atomic E-state index is 0.0321. The first kappa shape index (κ1) is 24.1. The second-order valence-electron chi connectivity index (χ2n) is 10.0. The van der Waals surface area contributed by atoms with E-state index in [1.807, 2.05) is 49.1 Å². The number of rotatable bonds is 5. The number of para-hydroxylation sites is 1. The van der Waals surface area contributed by atoms with Crippen LogP contribution in [-0.2, 0) is 14.4 Å². The summed E-state index contributed by atoms with van der Waals surface area (Å²) >= 11 is 1.60. The van der Waals surface area contributed by atoms with Crippen molar-refractivity contribution in [2.75, 3.05) is 38.2 Å². The summed E-state index contributed by atoms with van der Waals surface area (Å²) in [6, 6.07) is 5.30. The van der Waals surface area contributed by atoms with Gasteiger partial charge in [-0.3, -0.25) is 14.4 Å². The Balaban J connectivity index is 1.62. The lowest BCUT2D eigenvalue weighted by molar-refractivity contribution is -0.142. The van der Waals surface area contributed by atoms with E-state index >= 15 is 0 Å². The van der Waals surface area contributed by atoms with E-state index in [0.717, 1.165) is 16.8 Å². The van der Waals surface area contributed by atoms with Crippen molar-refractivity contribution in [2.45, 2.75) is 42.7 Å². The molecule has 4 aliphatic rings. The molecule has 7 nitrogen and oxygen atoms in total. The Bertz CT molecular complexity index is 1100. The van der Waals surface area contributed by atoms with Crippen LogP contribution in [0.2, 0.25) is 0 Å². The SMILES string of the molecule is Cc1cccc(C)c1N1CC=C[C@]23S[C@H]4C=CCN(C)C(=O)[C@H]4[C@H]2C(=O)N(CCCCO)C3C1=O. The van der Waals surface area contributed by atoms with Gasteiger partial charge < -0.3 is 19.8 Å². The minimum atomic E-state index is -0.799. The first-order valence-electron chi connectivity index (χ1n) is 12.4. The van der Waals surface area contributed by atoms with E-state index in [1.165, 1.54) is 0 Å². The normalized spacial score (nSPS) is 32.0. The summed E-state index contributed by atoms with van der Waals surface area (Å²) in [7, 11) is 1.78. The molecule has 5 rings (SSSR count). The van der Waals surface area contributed by atoms with Gasteiger partial charge in [-0.05, 0) is 37.8 Å². The topological polar surface area (TPSA) is 81.2 Å². The van der Waals surface area contributed by atoms with Crippen molar-refractivity contribution in [3.63, 3.8) is 0 Å². The van der Waals surface area contributed by atoms with Crippen LogP contribution in [0.25, 0.3) is 0 Å². The van der Waals surface area contributed by atoms with E-state index in [4.69, 9.17) is 0 Å². The van der Waals surface area contributed by atoms with Crippen molar-refractivity contribution in [3.8, 4) is 0 Å². The van der Waals surface area contributed by atoms with Crippen LogP contribution >= 0.6 is 11.8 Å². The molecule has 1 aromatic carbocycles. The Morgan fingerprint density at radius 2 is 1.77 bits per heavy atom. The number of carbonyl (C=O) groups excluding carboxylic acids is 3. The fraction of sp³-hybridized carbons (Fsp3) is 0.519. The molecule has 186 valence electrons. The highest BCUT2D eigenvalue weighted by molar-refractivity contribution is 8.02. The van der Waals surface area contributed by atoms with Crippen LogP contribution < -0.4 is 4.90 Å². The van der Waals surface area contributed by atoms with E-state index in [1.54, 1.807) is 28.6 Å². The number of benzene rings is 1. The third-order valence-electron chi connectivity index (χ3n) is 7.88. The molecule has 0 bridgehead atoms. The van der Waals surface area contributed by atoms with E-state index in [2.05, 4.69) is 12.2 Å². The highest BCUT2D eigenvalue weighted by Crippen LogP contribution is 2.61. The number of anilines is 1. The lowest BCUT2D eigenvalue weighted by Crippen LogP contribution is -2.53. The van der Waals surface area contributed by atoms with Gasteiger partial charge in [0.25, 0.3) is 5.91 Å². The molecule has 35 heavy (non-hydrogen) atoms. The van der Waals surface area contributed by atoms with E-state index in [0.29, 0.717) is 32.5 Å². The predicted molar refractivity (Wildman–Crippen MR) is 137 cm³/mol. The Labute approximate surface area is 210 Å². The number of likely N-dealkylation sites (tertiary alicyclic amines) is 1. The van der Waals surface area contributed by atoms with E-state index in [-0.39, 0.29) is 29.6 Å². The molecule has 2 fully saturated rings. The van der Waals surface area contributed by atoms with Crippen molar-refractivity contribution in [2.24, 2.45) is 11.8 Å². The number of aliphatic hydroxyl groups is 1. The molecule has 1 spiro atoms. The van der Waals surface area contributed by atoms with E-state index < -0.39 is 22.6 Å². The Hall–Kier alpha value is -2.58. The Kier molecular flexibility index (Phi) is 6.30. The molecule has 0 aromatic heterocycles. The third-order valence-corrected chi connectivity index (χ3v) is 9.62. The maximum atomic E-state index is 14.4. The number of thioether (sulfide) groups is 1. The smallest absolute Gasteiger partial charge is 0.251 e. The van der Waals surface area contributed by atoms with Crippen LogP contribution in [0.5, 0.6) is 0 Å². The summed E-state index contributed by atoms with van der Waals surface area (Å²) in [5, 5.41) is 9.20. The van der Waals surface area contributed by atoms with Gasteiger partial charge in [0, 0.05) is 44.2 Å². The van der Waals surface area contributed by atoms with Gasteiger partial charge >= 0.3 is 0 Å². The van der Waals surface area contributed by atoms with Crippen LogP contribution in [0, 0.1) is 25.7 Å². The fourth-order valence-corrected chi connectivity index (χ4v) is 8.34. The average molecular weight is 496 g/mol. The molecule has 8 heteroatoms. The summed E-state index contributed by atoms with van der Waals surface area (Å²) in [5.74, 6) is -1.33. The predicted octanol–water partition coefficient (Wildman–Crippen LogP) is 2.30. The number of hydrogen-bond acceptors (Lipinski definition) is 5. The molecule has 3 amide bonds. The molecule has 2 saturated heterocycles. The molecule has 1 unspecified atom stereocenters. The van der Waals surface area contributed by atoms with Gasteiger partial charge in [-0.2, -0.15) is 0 Å². The van der Waals surface area contributed by atoms with Gasteiger partial charge in [0.2, 0.25) is 11.8 Å². The summed E-state index contributed by atoms with van der Waals surface area (Å²) in [4.78, 5) is 47.1. The molecular weight excluding hydrogens is 462 g/mol. The molecule has 0 aliphatic carbocycles. The second kappa shape index (κ2) is 9.13. The average Bonchev–Trinajstić information content (AvgIpc) is 3.14. The molecule has 0 radical (unpaired) electrons. The standard InChI is InChI=1S/C27H33N3O4S/c1-17-9-6-10-18(2)22(17)29-15-8-12-27-21(20-19(35-27)11-7-13-28(3)24(20)32)25(33)30(14-4-5-16-31)23(27)26(29)34/h6-12,19-21,23,31H,4-5,13-16H2,1-3H3/t19-,20+,21-,23?,27-/m0/s1. The van der Waals surface area contributed by atoms with Gasteiger partial charge in [0.05, 0.1) is 16.6 Å². The van der Waals surface area contributed by atoms with Gasteiger partial charge in [0.1, 0.15) is 6.04 Å². The van der Waals surface area contributed by atoms with Crippen LogP contribution in [0.1, 0.15) is 24.0 Å². The van der Waals surface area contributed by atoms with Crippen molar-refractivity contribution in [3.05, 3.63) is 53.6 Å². The summed E-state index contributed by atoms with van der Waals surface area (Å²) in [6.07, 6.45) is 9.28. The van der Waals surface area contributed by atoms with Gasteiger partial charge in [-0.15, -0.1) is 11.8 Å². The van der Waals surface area contributed by atoms with Crippen molar-refractivity contribution in [1.82, 2.24) is 9.80 Å². The number of amides is 3. The zero-order valence-electron chi connectivity index (χ0n) is 20.5. The van der Waals surface area contributed by atoms with E-state index in [9.17, 15) is 19.5 Å². The number of fused-ring (bicyclic) bond motifs is 2. The summed E-state index contributed by atoms with van der Waals surface area (Å²) < 4.78 is -0.799. The zero-order valence-corrected chi connectivity index (χ0v) is 21.3. The fourth-order valence-electron chi connectivity index (χ4n) is 6.33. The summed E-state index contributed by atoms with van der Waals surface area (Å²) in [5.41, 5.74) is 2.91. The number of aryl methyl sites for hydroxylation is 2. The summed E-state index contributed by atoms with van der Waals surface area (Å²) in [6.45, 7) is 5.39. The maximum absolute atomic E-state index is 14.4. The van der Waals surface area contributed by atoms with Crippen LogP contribution in [0.4, 0.5) is 5.69 Å². The molecule has 1 aromatic rings. The number of carbonyl (C=O) groups is 3. The molecule has 1 N–H and O–H groups in total. The van der Waals surface area contributed by atoms with Crippen LogP contribution in [0.15, 0.2) is 42.5 Å². The monoisotopic (exact) mass is 495 g/mol. The highest BCUT2D eigenvalue weighted by atomic mass is 32.2. The molecule has 0 saturated carbocycles. The minimum Gasteiger partial charge on any atom is -0.396 e. The van der Waals surface area contributed by atoms with Crippen molar-refractivity contribution in [1.29, 1.82) is 0 Å². The number of unbranched alkanes of at least 4 members (excludes halogenated alkanes) is 1. The third kappa shape index (κ3) is 3.64. The quantitative estimate of drug-likeness (QED) is 0.501. The zero-order chi connectivity index (χ0) is 24.9. The number of nitrogens with zero attached hydrogens (tertiary/aromatic N) is 3. The van der Waals surface area contributed by atoms with Gasteiger partial charge in [-0.1, -0.05) is 42.5 Å². The number of aliphatic hydroxyl groups excluding tert-OH is 1. The second-order valence-corrected chi connectivity index (χ2v) is 11.5. The number of likely N-dealkylation sites (N-methyl/N-ethyl adjacent to an activating group) is 1. The number of hydrogen-bond donors (Lipinski definition) is 1. The van der Waals surface area contributed by atoms with Crippen LogP contribution in [0.3, 0.4) is 0 Å². The van der Waals surface area contributed by atoms with Crippen molar-refractivity contribution < 1.29 is 19.5 Å². The first-order valence-corrected chi connectivity index (χ1v) is 13.3. The Morgan fingerprint density at radius 3 is 2.49 bits per heavy atom. The molecule has 4 heterocycles. The lowest BCUT2D eigenvalue weighted by atomic mass is 9.78. The van der Waals surface area contributed by atoms with Gasteiger partial charge in [0.15, 0.2) is 0 Å². The van der Waals surface area contributed by atoms with Crippen molar-refractivity contribution >= 4 is 35.2 Å². The lowest BCUT2D eigenvalue weighted by Gasteiger charge is -2.36. The highest BCUT2D eigenvalue weighted by Gasteiger charge is 2.70. The maximum Gasteiger partial charge on any atom is 0.251 e. The molecule has 5 atom stereocenters. The van der Waals surface area contributed by atoms with Gasteiger partial charge in [-0.25, -0.2) is 0 Å². The Morgan fingerprint density at radius 1 is 1.03 bits per heavy atom. The molecular formula is C27H33N3O4S. The molecule has 4 aliphatic heterocycles.